The van der Waals surface area contributed by atoms with E-state index in [1.807, 2.05) is 0 Å². The number of carbonyl (C=O) groups is 3. The Hall–Kier alpha value is -3.54. The lowest BCUT2D eigenvalue weighted by Crippen LogP contribution is -2.25. The summed E-state index contributed by atoms with van der Waals surface area (Å²) in [4.78, 5) is 49.9. The average Bonchev–Trinajstić information content (AvgIpc) is 3.00. The van der Waals surface area contributed by atoms with Gasteiger partial charge in [-0.1, -0.05) is 0 Å². The van der Waals surface area contributed by atoms with Gasteiger partial charge in [-0.25, -0.2) is 18.0 Å². The minimum Gasteiger partial charge on any atom is -0.462 e. The lowest BCUT2D eigenvalue weighted by molar-refractivity contribution is -0.387. The number of nitro groups is 1. The molecular weight excluding hydrogens is 444 g/mol. The zero-order valence-electron chi connectivity index (χ0n) is 18.0. The Labute approximate surface area is 183 Å². The molecule has 0 spiro atoms. The van der Waals surface area contributed by atoms with Crippen LogP contribution in [0.2, 0.25) is 0 Å². The molecule has 0 saturated heterocycles. The molecule has 0 fully saturated rings. The second kappa shape index (κ2) is 9.30. The van der Waals surface area contributed by atoms with Gasteiger partial charge in [0.05, 0.1) is 28.4 Å². The third kappa shape index (κ3) is 5.02. The normalized spacial score (nSPS) is 12.2. The van der Waals surface area contributed by atoms with Crippen molar-refractivity contribution in [3.63, 3.8) is 0 Å². The minimum atomic E-state index is -3.90. The van der Waals surface area contributed by atoms with Gasteiger partial charge in [-0.3, -0.25) is 14.9 Å². The number of sulfone groups is 1. The maximum absolute atomic E-state index is 12.8. The summed E-state index contributed by atoms with van der Waals surface area (Å²) in [5, 5.41) is 11.2. The fraction of sp³-hybridized carbons (Fsp3) is 0.350. The van der Waals surface area contributed by atoms with Crippen LogP contribution in [0.1, 0.15) is 56.3 Å². The Balaban J connectivity index is 2.29. The van der Waals surface area contributed by atoms with Crippen LogP contribution in [-0.2, 0) is 19.3 Å². The monoisotopic (exact) mass is 466 g/mol. The average molecular weight is 466 g/mol. The van der Waals surface area contributed by atoms with E-state index in [0.29, 0.717) is 11.3 Å². The number of ether oxygens (including phenoxy) is 2. The van der Waals surface area contributed by atoms with Crippen LogP contribution in [0, 0.1) is 24.0 Å². The van der Waals surface area contributed by atoms with Crippen molar-refractivity contribution >= 4 is 33.2 Å². The third-order valence-corrected chi connectivity index (χ3v) is 5.75. The summed E-state index contributed by atoms with van der Waals surface area (Å²) in [6.45, 7) is 6.25. The third-order valence-electron chi connectivity index (χ3n) is 4.61. The molecule has 0 amide bonds. The quantitative estimate of drug-likeness (QED) is 0.266. The Bertz CT molecular complexity index is 1210. The number of esters is 2. The molecule has 1 N–H and O–H groups in total. The van der Waals surface area contributed by atoms with Crippen LogP contribution in [0.4, 0.5) is 5.69 Å². The van der Waals surface area contributed by atoms with Crippen molar-refractivity contribution in [1.82, 2.24) is 4.98 Å². The number of H-pyrrole nitrogens is 1. The summed E-state index contributed by atoms with van der Waals surface area (Å²) < 4.78 is 33.5. The number of carbonyl (C=O) groups excluding carboxylic acids is 3. The first kappa shape index (κ1) is 24.7. The highest BCUT2D eigenvalue weighted by atomic mass is 32.2. The number of hydrogen-bond acceptors (Lipinski definition) is 9. The van der Waals surface area contributed by atoms with Gasteiger partial charge in [-0.2, -0.15) is 0 Å². The molecule has 0 aliphatic heterocycles. The zero-order valence-corrected chi connectivity index (χ0v) is 18.9. The van der Waals surface area contributed by atoms with E-state index in [2.05, 4.69) is 4.98 Å². The van der Waals surface area contributed by atoms with Crippen molar-refractivity contribution < 1.29 is 37.2 Å². The Morgan fingerprint density at radius 1 is 1.19 bits per heavy atom. The molecule has 12 heteroatoms. The number of hydrogen-bond donors (Lipinski definition) is 1. The van der Waals surface area contributed by atoms with Gasteiger partial charge in [0, 0.05) is 18.0 Å². The van der Waals surface area contributed by atoms with Gasteiger partial charge in [-0.05, 0) is 45.4 Å². The lowest BCUT2D eigenvalue weighted by Gasteiger charge is -2.12. The molecule has 1 aromatic carbocycles. The van der Waals surface area contributed by atoms with Gasteiger partial charge in [0.25, 0.3) is 5.69 Å². The molecule has 2 aromatic rings. The van der Waals surface area contributed by atoms with E-state index in [-0.39, 0.29) is 23.4 Å². The number of ketones is 1. The first-order valence-electron chi connectivity index (χ1n) is 9.39. The summed E-state index contributed by atoms with van der Waals surface area (Å²) in [7, 11) is -3.90. The molecule has 0 saturated carbocycles. The fourth-order valence-electron chi connectivity index (χ4n) is 3.09. The molecular formula is C20H22N2O9S. The van der Waals surface area contributed by atoms with E-state index in [9.17, 15) is 32.9 Å². The molecule has 0 radical (unpaired) electrons. The van der Waals surface area contributed by atoms with Crippen molar-refractivity contribution in [3.05, 3.63) is 56.4 Å². The largest absolute Gasteiger partial charge is 0.462 e. The highest BCUT2D eigenvalue weighted by Gasteiger charge is 2.29. The van der Waals surface area contributed by atoms with Crippen molar-refractivity contribution in [3.8, 4) is 0 Å². The predicted molar refractivity (Wildman–Crippen MR) is 112 cm³/mol. The van der Waals surface area contributed by atoms with Crippen molar-refractivity contribution in [1.29, 1.82) is 0 Å². The molecule has 0 aliphatic carbocycles. The number of aromatic nitrogens is 1. The summed E-state index contributed by atoms with van der Waals surface area (Å²) in [5.41, 5.74) is -0.0621. The standard InChI is InChI=1S/C20H22N2O9S/c1-6-30-20(25)16-10(2)17(21-11(16)3)18(23)12(4)31-19(24)13-7-8-15(32(5,28)29)14(9-13)22(26)27/h7-9,12,21H,6H2,1-5H3/t12-/m0/s1. The van der Waals surface area contributed by atoms with Crippen LogP contribution >= 0.6 is 0 Å². The Kier molecular flexibility index (Phi) is 7.19. The van der Waals surface area contributed by atoms with Gasteiger partial charge in [-0.15, -0.1) is 0 Å². The number of aryl methyl sites for hydroxylation is 1. The maximum Gasteiger partial charge on any atom is 0.340 e. The van der Waals surface area contributed by atoms with Gasteiger partial charge < -0.3 is 14.5 Å². The minimum absolute atomic E-state index is 0.0595. The number of benzene rings is 1. The van der Waals surface area contributed by atoms with Crippen LogP contribution in [0.25, 0.3) is 0 Å². The first-order valence-corrected chi connectivity index (χ1v) is 11.3. The van der Waals surface area contributed by atoms with Crippen molar-refractivity contribution in [2.75, 3.05) is 12.9 Å². The first-order chi connectivity index (χ1) is 14.8. The Morgan fingerprint density at radius 2 is 1.81 bits per heavy atom. The molecule has 1 atom stereocenters. The van der Waals surface area contributed by atoms with E-state index >= 15 is 0 Å². The second-order valence-electron chi connectivity index (χ2n) is 6.97. The molecule has 0 aliphatic rings. The summed E-state index contributed by atoms with van der Waals surface area (Å²) in [6, 6.07) is 2.77. The predicted octanol–water partition coefficient (Wildman–Crippen LogP) is 2.55. The topological polar surface area (TPSA) is 163 Å². The zero-order chi connectivity index (χ0) is 24.4. The molecule has 32 heavy (non-hydrogen) atoms. The number of aromatic amines is 1. The van der Waals surface area contributed by atoms with Crippen LogP contribution in [0.3, 0.4) is 0 Å². The molecule has 1 heterocycles. The number of rotatable bonds is 8. The molecule has 11 nitrogen and oxygen atoms in total. The fourth-order valence-corrected chi connectivity index (χ4v) is 3.92. The second-order valence-corrected chi connectivity index (χ2v) is 8.95. The molecule has 2 rings (SSSR count). The van der Waals surface area contributed by atoms with E-state index in [1.165, 1.54) is 6.92 Å². The summed E-state index contributed by atoms with van der Waals surface area (Å²) in [6.07, 6.45) is -0.498. The SMILES string of the molecule is CCOC(=O)c1c(C)[nH]c(C(=O)[C@H](C)OC(=O)c2ccc(S(C)(=O)=O)c([N+](=O)[O-])c2)c1C. The van der Waals surface area contributed by atoms with E-state index in [1.54, 1.807) is 20.8 Å². The number of nitrogens with zero attached hydrogens (tertiary/aromatic N) is 1. The van der Waals surface area contributed by atoms with Crippen LogP contribution < -0.4 is 0 Å². The summed E-state index contributed by atoms with van der Waals surface area (Å²) in [5.74, 6) is -2.28. The molecule has 0 bridgehead atoms. The number of nitrogens with one attached hydrogen (secondary N) is 1. The highest BCUT2D eigenvalue weighted by molar-refractivity contribution is 7.90. The van der Waals surface area contributed by atoms with E-state index < -0.39 is 49.2 Å². The maximum atomic E-state index is 12.8. The van der Waals surface area contributed by atoms with Crippen LogP contribution in [0.15, 0.2) is 23.1 Å². The van der Waals surface area contributed by atoms with Gasteiger partial charge in [0.1, 0.15) is 4.90 Å². The van der Waals surface area contributed by atoms with Crippen LogP contribution in [-0.4, -0.2) is 55.0 Å². The van der Waals surface area contributed by atoms with E-state index in [4.69, 9.17) is 9.47 Å². The number of nitro benzene ring substituents is 1. The number of Topliss-reactive ketones (excluding diaryl/α,β-unsaturated/α-hetero) is 1. The van der Waals surface area contributed by atoms with Crippen molar-refractivity contribution in [2.45, 2.75) is 38.7 Å². The molecule has 0 unspecified atom stereocenters. The highest BCUT2D eigenvalue weighted by Crippen LogP contribution is 2.26. The lowest BCUT2D eigenvalue weighted by atomic mass is 10.1. The smallest absolute Gasteiger partial charge is 0.340 e. The van der Waals surface area contributed by atoms with Gasteiger partial charge >= 0.3 is 11.9 Å². The molecule has 172 valence electrons. The van der Waals surface area contributed by atoms with Crippen molar-refractivity contribution in [2.24, 2.45) is 0 Å². The molecule has 1 aromatic heterocycles. The van der Waals surface area contributed by atoms with Crippen LogP contribution in [0.5, 0.6) is 0 Å². The Morgan fingerprint density at radius 3 is 2.34 bits per heavy atom. The van der Waals surface area contributed by atoms with Gasteiger partial charge in [0.15, 0.2) is 15.9 Å². The summed E-state index contributed by atoms with van der Waals surface area (Å²) >= 11 is 0. The van der Waals surface area contributed by atoms with Gasteiger partial charge in [0.2, 0.25) is 5.78 Å². The van der Waals surface area contributed by atoms with E-state index in [0.717, 1.165) is 24.5 Å².